The Labute approximate surface area is 498 Å². The lowest BCUT2D eigenvalue weighted by Gasteiger charge is -2.60. The molecule has 0 aliphatic carbocycles. The normalized spacial score (nSPS) is 25.3. The van der Waals surface area contributed by atoms with Crippen molar-refractivity contribution in [3.8, 4) is 69.6 Å². The van der Waals surface area contributed by atoms with E-state index in [1.807, 2.05) is 78.2 Å². The summed E-state index contributed by atoms with van der Waals surface area (Å²) in [5.74, 6) is 2.87. The zero-order valence-corrected chi connectivity index (χ0v) is 49.8. The molecule has 13 rings (SSSR count). The quantitative estimate of drug-likeness (QED) is 0.0682. The molecule has 2 saturated heterocycles. The zero-order chi connectivity index (χ0) is 60.9. The van der Waals surface area contributed by atoms with Gasteiger partial charge in [0.25, 0.3) is 0 Å². The number of piperazine rings is 2. The lowest BCUT2D eigenvalue weighted by atomic mass is 9.71. The molecule has 8 heterocycles. The van der Waals surface area contributed by atoms with E-state index in [2.05, 4.69) is 43.1 Å². The third kappa shape index (κ3) is 9.00. The number of likely N-dealkylation sites (N-methyl/N-ethyl adjacent to an activating group) is 2. The number of hydrogen-bond acceptors (Lipinski definition) is 20. The van der Waals surface area contributed by atoms with Crippen LogP contribution in [0.2, 0.25) is 0 Å². The van der Waals surface area contributed by atoms with Gasteiger partial charge in [-0.1, -0.05) is 42.5 Å². The number of carbonyl (C=O) groups is 3. The first-order valence-electron chi connectivity index (χ1n) is 28.9. The number of nitrogens with one attached hydrogen (secondary N) is 1. The van der Waals surface area contributed by atoms with Crippen LogP contribution in [-0.2, 0) is 40.1 Å². The number of aryl methyl sites for hydroxylation is 2. The van der Waals surface area contributed by atoms with E-state index in [9.17, 15) is 35.1 Å². The molecular formula is C65H70N8O13. The van der Waals surface area contributed by atoms with Crippen LogP contribution in [0.4, 0.5) is 0 Å². The summed E-state index contributed by atoms with van der Waals surface area (Å²) < 4.78 is 46.7. The molecule has 448 valence electrons. The van der Waals surface area contributed by atoms with Crippen LogP contribution in [0.5, 0.6) is 57.5 Å². The Morgan fingerprint density at radius 3 is 1.52 bits per heavy atom. The number of aromatic hydroxyl groups is 2. The summed E-state index contributed by atoms with van der Waals surface area (Å²) in [5, 5.41) is 47.6. The number of esters is 2. The average molecular weight is 1170 g/mol. The fourth-order valence-corrected chi connectivity index (χ4v) is 15.6. The zero-order valence-electron chi connectivity index (χ0n) is 49.8. The molecule has 0 aromatic heterocycles. The second-order valence-electron chi connectivity index (χ2n) is 23.4. The number of nitrogens with zero attached hydrogens (tertiary/aromatic N) is 6. The number of carbonyl (C=O) groups excluding carboxylic acids is 3. The molecule has 5 aromatic rings. The van der Waals surface area contributed by atoms with Crippen LogP contribution in [0.1, 0.15) is 110 Å². The summed E-state index contributed by atoms with van der Waals surface area (Å²) >= 11 is 0. The van der Waals surface area contributed by atoms with E-state index in [1.165, 1.54) is 19.9 Å². The van der Waals surface area contributed by atoms with Gasteiger partial charge < -0.3 is 59.2 Å². The minimum Gasteiger partial charge on any atom is -0.504 e. The molecule has 21 heteroatoms. The average Bonchev–Trinajstić information content (AvgIpc) is 0.877. The summed E-state index contributed by atoms with van der Waals surface area (Å²) in [4.78, 5) is 46.7. The standard InChI is InChI=1S/C37H38N4O7.C28H32N4O6/c1-19-13-23-14-25-27(16-38)41-26(32(40(25)4)30(23)33(44)34(19)45-5)15-24-31(37-36(46-18-47-37)20(2)35(24)48-21(3)42)28(41)17-39-29(43)12-11-22-9-7-6-8-10-22;1-12-6-15-7-17-19(9-29)32-18(23(31(17)4)21(15)24(34)25(12)35-5)8-16-22(20(32)10-30)28-27(36-11-37-28)13(2)26(16)38-14(3)33/h6-13,25-28,32,44H,14-15,17-18H2,1-5H3,(H,39,43);6,17-20,23,34H,7-8,10-11,30H2,1-5H3/b12-11+;/t25-,26?,27-,28-,32-;17-,18?,19-,20-,23-/m00/s1. The first-order chi connectivity index (χ1) is 41.4. The van der Waals surface area contributed by atoms with Gasteiger partial charge in [0.2, 0.25) is 19.5 Å². The Kier molecular flexibility index (Phi) is 15.0. The van der Waals surface area contributed by atoms with Crippen LogP contribution in [-0.4, -0.2) is 139 Å². The molecule has 4 bridgehead atoms. The molecule has 1 amide bonds. The summed E-state index contributed by atoms with van der Waals surface area (Å²) in [6, 6.07) is 15.3. The smallest absolute Gasteiger partial charge is 0.308 e. The molecule has 8 aliphatic rings. The number of fused-ring (bicyclic) bond motifs is 18. The molecule has 86 heavy (non-hydrogen) atoms. The molecule has 21 nitrogen and oxygen atoms in total. The van der Waals surface area contributed by atoms with Crippen LogP contribution in [0, 0.1) is 50.4 Å². The van der Waals surface area contributed by atoms with E-state index in [-0.39, 0.29) is 86.4 Å². The predicted molar refractivity (Wildman–Crippen MR) is 312 cm³/mol. The highest BCUT2D eigenvalue weighted by Crippen LogP contribution is 2.61. The minimum atomic E-state index is -0.583. The van der Waals surface area contributed by atoms with Crippen LogP contribution in [0.15, 0.2) is 48.5 Å². The highest BCUT2D eigenvalue weighted by Gasteiger charge is 2.59. The van der Waals surface area contributed by atoms with Crippen LogP contribution in [0.25, 0.3) is 6.08 Å². The molecule has 0 radical (unpaired) electrons. The van der Waals surface area contributed by atoms with Crippen molar-refractivity contribution >= 4 is 23.9 Å². The number of methoxy groups -OCH3 is 2. The molecule has 10 atom stereocenters. The van der Waals surface area contributed by atoms with Gasteiger partial charge in [0.05, 0.1) is 50.5 Å². The lowest BCUT2D eigenvalue weighted by molar-refractivity contribution is -0.133. The third-order valence-electron chi connectivity index (χ3n) is 18.9. The van der Waals surface area contributed by atoms with Crippen molar-refractivity contribution in [1.29, 1.82) is 10.5 Å². The second kappa shape index (κ2) is 22.4. The predicted octanol–water partition coefficient (Wildman–Crippen LogP) is 6.67. The van der Waals surface area contributed by atoms with E-state index in [1.54, 1.807) is 20.3 Å². The van der Waals surface area contributed by atoms with Gasteiger partial charge in [-0.3, -0.25) is 34.0 Å². The second-order valence-corrected chi connectivity index (χ2v) is 23.4. The molecule has 0 saturated carbocycles. The third-order valence-corrected chi connectivity index (χ3v) is 18.9. The van der Waals surface area contributed by atoms with Crippen molar-refractivity contribution in [1.82, 2.24) is 24.9 Å². The van der Waals surface area contributed by atoms with Crippen molar-refractivity contribution in [2.45, 2.75) is 128 Å². The number of benzene rings is 5. The Bertz CT molecular complexity index is 3760. The van der Waals surface area contributed by atoms with Crippen molar-refractivity contribution < 1.29 is 62.5 Å². The molecule has 5 N–H and O–H groups in total. The van der Waals surface area contributed by atoms with Crippen molar-refractivity contribution in [3.63, 3.8) is 0 Å². The van der Waals surface area contributed by atoms with Gasteiger partial charge in [0.1, 0.15) is 23.6 Å². The number of ether oxygens (including phenoxy) is 8. The topological polar surface area (TPSA) is 264 Å². The SMILES string of the molecule is COc1c(C)cc2c(c1O)[C@@H]1C3Cc4c(OC(C)=O)c(C)c5c(c4[C@H](CN)N3[C@@H](C#N)[C@H](C2)N1C)OCO5.COc1c(C)cc2c(c1O)[C@@H]1C3Cc4c(OC(C)=O)c(C)c5c(c4[C@H](CNC(=O)/C=C/c4ccccc4)N3[C@@H](C#N)[C@H](C2)N1C)OCO5. The summed E-state index contributed by atoms with van der Waals surface area (Å²) in [7, 11) is 7.10. The number of nitriles is 2. The van der Waals surface area contributed by atoms with Gasteiger partial charge in [0.15, 0.2) is 46.0 Å². The molecule has 0 spiro atoms. The number of hydrogen-bond donors (Lipinski definition) is 4. The first-order valence-corrected chi connectivity index (χ1v) is 28.9. The fourth-order valence-electron chi connectivity index (χ4n) is 15.6. The minimum absolute atomic E-state index is 0.00941. The van der Waals surface area contributed by atoms with E-state index < -0.39 is 30.1 Å². The first kappa shape index (κ1) is 57.8. The maximum atomic E-state index is 13.3. The van der Waals surface area contributed by atoms with Gasteiger partial charge in [-0.05, 0) is 101 Å². The highest BCUT2D eigenvalue weighted by atomic mass is 16.7. The van der Waals surface area contributed by atoms with E-state index in [0.29, 0.717) is 82.8 Å². The van der Waals surface area contributed by atoms with Crippen molar-refractivity contribution in [3.05, 3.63) is 121 Å². The van der Waals surface area contributed by atoms with Crippen molar-refractivity contribution in [2.75, 3.05) is 55.0 Å². The Hall–Kier alpha value is -8.57. The number of nitrogens with two attached hydrogens (primary N) is 1. The number of phenolic OH excluding ortho intramolecular Hbond substituents is 2. The number of amides is 1. The Balaban J connectivity index is 0.000000173. The Morgan fingerprint density at radius 1 is 0.651 bits per heavy atom. The van der Waals surface area contributed by atoms with Gasteiger partial charge in [-0.25, -0.2) is 0 Å². The van der Waals surface area contributed by atoms with Gasteiger partial charge >= 0.3 is 11.9 Å². The monoisotopic (exact) mass is 1170 g/mol. The fraction of sp³-hybridized carbons (Fsp3) is 0.431. The maximum Gasteiger partial charge on any atom is 0.308 e. The highest BCUT2D eigenvalue weighted by molar-refractivity contribution is 5.91. The number of phenols is 2. The summed E-state index contributed by atoms with van der Waals surface area (Å²) in [6.45, 7) is 10.6. The van der Waals surface area contributed by atoms with Crippen LogP contribution >= 0.6 is 0 Å². The van der Waals surface area contributed by atoms with Gasteiger partial charge in [0, 0.05) is 102 Å². The lowest BCUT2D eigenvalue weighted by Crippen LogP contribution is -2.68. The Morgan fingerprint density at radius 2 is 1.09 bits per heavy atom. The van der Waals surface area contributed by atoms with Gasteiger partial charge in [-0.2, -0.15) is 10.5 Å². The number of rotatable bonds is 9. The maximum absolute atomic E-state index is 13.3. The molecule has 2 unspecified atom stereocenters. The van der Waals surface area contributed by atoms with E-state index >= 15 is 0 Å². The van der Waals surface area contributed by atoms with E-state index in [0.717, 1.165) is 61.2 Å². The van der Waals surface area contributed by atoms with Gasteiger partial charge in [-0.15, -0.1) is 0 Å². The van der Waals surface area contributed by atoms with Crippen molar-refractivity contribution in [2.24, 2.45) is 5.73 Å². The summed E-state index contributed by atoms with van der Waals surface area (Å²) in [5.41, 5.74) is 17.0. The molecule has 2 fully saturated rings. The van der Waals surface area contributed by atoms with Crippen LogP contribution < -0.4 is 48.9 Å². The molecular weight excluding hydrogens is 1100 g/mol. The van der Waals surface area contributed by atoms with Crippen LogP contribution in [0.3, 0.4) is 0 Å². The molecule has 8 aliphatic heterocycles. The summed E-state index contributed by atoms with van der Waals surface area (Å²) in [6.07, 6.45) is 5.22. The van der Waals surface area contributed by atoms with E-state index in [4.69, 9.17) is 43.6 Å². The largest absolute Gasteiger partial charge is 0.504 e. The molecule has 5 aromatic carbocycles.